The Morgan fingerprint density at radius 1 is 1.00 bits per heavy atom. The van der Waals surface area contributed by atoms with Crippen LogP contribution in [0.3, 0.4) is 0 Å². The van der Waals surface area contributed by atoms with Gasteiger partial charge in [0.2, 0.25) is 0 Å². The molecule has 0 aliphatic rings. The van der Waals surface area contributed by atoms with Crippen LogP contribution >= 0.6 is 0 Å². The van der Waals surface area contributed by atoms with Crippen LogP contribution in [-0.2, 0) is 0 Å². The van der Waals surface area contributed by atoms with E-state index in [1.165, 1.54) is 5.56 Å². The molecule has 2 rings (SSSR count). The molecule has 110 valence electrons. The van der Waals surface area contributed by atoms with E-state index in [4.69, 9.17) is 0 Å². The molecule has 0 aliphatic heterocycles. The number of carbonyl (C=O) groups is 1. The number of benzene rings is 2. The van der Waals surface area contributed by atoms with E-state index in [0.717, 1.165) is 28.7 Å². The number of hydrogen-bond donors (Lipinski definition) is 1. The fraction of sp³-hybridized carbons (Fsp3) is 0.316. The number of rotatable bonds is 4. The van der Waals surface area contributed by atoms with Crippen LogP contribution in [0.25, 0.3) is 0 Å². The molecule has 2 aromatic rings. The van der Waals surface area contributed by atoms with E-state index in [-0.39, 0.29) is 11.9 Å². The quantitative estimate of drug-likeness (QED) is 0.878. The summed E-state index contributed by atoms with van der Waals surface area (Å²) in [6.07, 6.45) is 0.875. The lowest BCUT2D eigenvalue weighted by atomic mass is 9.99. The molecule has 21 heavy (non-hydrogen) atoms. The molecule has 1 amide bonds. The van der Waals surface area contributed by atoms with E-state index in [0.29, 0.717) is 0 Å². The summed E-state index contributed by atoms with van der Waals surface area (Å²) in [5, 5.41) is 3.15. The Kier molecular flexibility index (Phi) is 4.79. The van der Waals surface area contributed by atoms with Crippen molar-refractivity contribution in [1.29, 1.82) is 0 Å². The first-order chi connectivity index (χ1) is 10.0. The number of aryl methyl sites for hydroxylation is 3. The molecule has 0 aromatic heterocycles. The fourth-order valence-corrected chi connectivity index (χ4v) is 2.55. The Hall–Kier alpha value is -2.09. The Labute approximate surface area is 127 Å². The topological polar surface area (TPSA) is 29.1 Å². The van der Waals surface area contributed by atoms with Gasteiger partial charge in [-0.2, -0.15) is 0 Å². The highest BCUT2D eigenvalue weighted by atomic mass is 16.1. The largest absolute Gasteiger partial charge is 0.345 e. The van der Waals surface area contributed by atoms with Crippen molar-refractivity contribution in [2.24, 2.45) is 0 Å². The van der Waals surface area contributed by atoms with Crippen LogP contribution in [0.1, 0.15) is 52.0 Å². The minimum Gasteiger partial charge on any atom is -0.345 e. The number of amides is 1. The lowest BCUT2D eigenvalue weighted by Gasteiger charge is -2.19. The predicted molar refractivity (Wildman–Crippen MR) is 87.6 cm³/mol. The van der Waals surface area contributed by atoms with Gasteiger partial charge in [0.25, 0.3) is 5.91 Å². The van der Waals surface area contributed by atoms with Gasteiger partial charge in [0.05, 0.1) is 6.04 Å². The molecule has 0 unspecified atom stereocenters. The molecule has 0 radical (unpaired) electrons. The van der Waals surface area contributed by atoms with Crippen molar-refractivity contribution in [3.8, 4) is 0 Å². The average molecular weight is 281 g/mol. The van der Waals surface area contributed by atoms with Crippen LogP contribution < -0.4 is 5.32 Å². The molecule has 2 nitrogen and oxygen atoms in total. The van der Waals surface area contributed by atoms with E-state index in [1.54, 1.807) is 0 Å². The lowest BCUT2D eigenvalue weighted by molar-refractivity contribution is 0.0935. The van der Waals surface area contributed by atoms with Gasteiger partial charge in [0.1, 0.15) is 0 Å². The smallest absolute Gasteiger partial charge is 0.252 e. The van der Waals surface area contributed by atoms with Crippen LogP contribution in [0.2, 0.25) is 0 Å². The molecule has 0 saturated carbocycles. The van der Waals surface area contributed by atoms with Gasteiger partial charge in [-0.3, -0.25) is 4.79 Å². The van der Waals surface area contributed by atoms with Crippen LogP contribution in [0.5, 0.6) is 0 Å². The minimum absolute atomic E-state index is 0.00584. The molecule has 1 N–H and O–H groups in total. The van der Waals surface area contributed by atoms with Gasteiger partial charge >= 0.3 is 0 Å². The van der Waals surface area contributed by atoms with Gasteiger partial charge in [-0.1, -0.05) is 43.3 Å². The Morgan fingerprint density at radius 3 is 2.24 bits per heavy atom. The lowest BCUT2D eigenvalue weighted by Crippen LogP contribution is -2.28. The number of carbonyl (C=O) groups excluding carboxylic acids is 1. The fourth-order valence-electron chi connectivity index (χ4n) is 2.55. The monoisotopic (exact) mass is 281 g/mol. The third-order valence-corrected chi connectivity index (χ3v) is 4.00. The molecular formula is C19H23NO. The minimum atomic E-state index is 0.00584. The molecule has 0 heterocycles. The zero-order valence-corrected chi connectivity index (χ0v) is 13.2. The van der Waals surface area contributed by atoms with Crippen molar-refractivity contribution >= 4 is 5.91 Å². The highest BCUT2D eigenvalue weighted by Crippen LogP contribution is 2.19. The van der Waals surface area contributed by atoms with E-state index < -0.39 is 0 Å². The van der Waals surface area contributed by atoms with Crippen molar-refractivity contribution in [2.75, 3.05) is 0 Å². The van der Waals surface area contributed by atoms with Crippen molar-refractivity contribution in [3.05, 3.63) is 70.3 Å². The van der Waals surface area contributed by atoms with E-state index in [1.807, 2.05) is 38.1 Å². The highest BCUT2D eigenvalue weighted by molar-refractivity contribution is 5.96. The van der Waals surface area contributed by atoms with Crippen LogP contribution in [0, 0.1) is 20.8 Å². The summed E-state index contributed by atoms with van der Waals surface area (Å²) in [5.74, 6) is 0.00584. The van der Waals surface area contributed by atoms with Gasteiger partial charge < -0.3 is 5.32 Å². The molecule has 0 saturated heterocycles. The van der Waals surface area contributed by atoms with Crippen molar-refractivity contribution in [3.63, 3.8) is 0 Å². The molecule has 0 bridgehead atoms. The van der Waals surface area contributed by atoms with E-state index in [2.05, 4.69) is 37.4 Å². The molecule has 0 spiro atoms. The van der Waals surface area contributed by atoms with Crippen molar-refractivity contribution in [1.82, 2.24) is 5.32 Å². The predicted octanol–water partition coefficient (Wildman–Crippen LogP) is 4.49. The van der Waals surface area contributed by atoms with Gasteiger partial charge in [0, 0.05) is 5.56 Å². The van der Waals surface area contributed by atoms with E-state index >= 15 is 0 Å². The first-order valence-corrected chi connectivity index (χ1v) is 7.46. The van der Waals surface area contributed by atoms with Gasteiger partial charge in [-0.05, 0) is 55.5 Å². The molecule has 2 aromatic carbocycles. The summed E-state index contributed by atoms with van der Waals surface area (Å²) in [6.45, 7) is 8.19. The van der Waals surface area contributed by atoms with Gasteiger partial charge in [-0.15, -0.1) is 0 Å². The summed E-state index contributed by atoms with van der Waals surface area (Å²) in [7, 11) is 0. The second-order valence-corrected chi connectivity index (χ2v) is 5.60. The summed E-state index contributed by atoms with van der Waals surface area (Å²) in [4.78, 5) is 12.6. The van der Waals surface area contributed by atoms with Crippen LogP contribution in [0.4, 0.5) is 0 Å². The van der Waals surface area contributed by atoms with Gasteiger partial charge in [-0.25, -0.2) is 0 Å². The Morgan fingerprint density at radius 2 is 1.62 bits per heavy atom. The molecule has 0 aliphatic carbocycles. The first kappa shape index (κ1) is 15.3. The zero-order valence-electron chi connectivity index (χ0n) is 13.2. The molecule has 1 atom stereocenters. The highest BCUT2D eigenvalue weighted by Gasteiger charge is 2.16. The first-order valence-electron chi connectivity index (χ1n) is 7.46. The third-order valence-electron chi connectivity index (χ3n) is 4.00. The number of hydrogen-bond acceptors (Lipinski definition) is 1. The maximum Gasteiger partial charge on any atom is 0.252 e. The Bertz CT molecular complexity index is 632. The van der Waals surface area contributed by atoms with Gasteiger partial charge in [0.15, 0.2) is 0 Å². The normalized spacial score (nSPS) is 12.0. The second kappa shape index (κ2) is 6.57. The maximum absolute atomic E-state index is 12.6. The van der Waals surface area contributed by atoms with Crippen molar-refractivity contribution in [2.45, 2.75) is 40.2 Å². The second-order valence-electron chi connectivity index (χ2n) is 5.60. The van der Waals surface area contributed by atoms with E-state index in [9.17, 15) is 4.79 Å². The zero-order chi connectivity index (χ0) is 15.4. The van der Waals surface area contributed by atoms with Crippen LogP contribution in [-0.4, -0.2) is 5.91 Å². The third kappa shape index (κ3) is 3.52. The standard InChI is InChI=1S/C19H23NO/c1-5-18(16-9-7-6-8-10-16)20-19(21)17-12-14(3)13(2)11-15(17)4/h6-12,18H,5H2,1-4H3,(H,20,21)/t18-/m0/s1. The molecule has 2 heteroatoms. The Balaban J connectivity index is 2.23. The summed E-state index contributed by atoms with van der Waals surface area (Å²) in [6, 6.07) is 14.2. The molecule has 0 fully saturated rings. The number of nitrogens with one attached hydrogen (secondary N) is 1. The average Bonchev–Trinajstić information content (AvgIpc) is 2.49. The summed E-state index contributed by atoms with van der Waals surface area (Å²) >= 11 is 0. The summed E-state index contributed by atoms with van der Waals surface area (Å²) in [5.41, 5.74) is 5.32. The van der Waals surface area contributed by atoms with Crippen LogP contribution in [0.15, 0.2) is 42.5 Å². The SMILES string of the molecule is CC[C@H](NC(=O)c1cc(C)c(C)cc1C)c1ccccc1. The molecular weight excluding hydrogens is 258 g/mol. The van der Waals surface area contributed by atoms with Crippen molar-refractivity contribution < 1.29 is 4.79 Å². The summed E-state index contributed by atoms with van der Waals surface area (Å²) < 4.78 is 0. The maximum atomic E-state index is 12.6.